The van der Waals surface area contributed by atoms with E-state index >= 15 is 0 Å². The molecule has 1 atom stereocenters. The molecule has 0 radical (unpaired) electrons. The number of ether oxygens (including phenoxy) is 2. The van der Waals surface area contributed by atoms with Crippen molar-refractivity contribution >= 4 is 31.8 Å². The van der Waals surface area contributed by atoms with Crippen molar-refractivity contribution in [1.29, 1.82) is 0 Å². The summed E-state index contributed by atoms with van der Waals surface area (Å²) in [6.45, 7) is 7.00. The maximum Gasteiger partial charge on any atom is 0.442 e. The molecule has 0 bridgehead atoms. The van der Waals surface area contributed by atoms with Gasteiger partial charge in [-0.15, -0.1) is 4.36 Å². The summed E-state index contributed by atoms with van der Waals surface area (Å²) in [6.07, 6.45) is 0.537. The first-order valence-corrected chi connectivity index (χ1v) is 8.97. The summed E-state index contributed by atoms with van der Waals surface area (Å²) in [5, 5.41) is 0. The van der Waals surface area contributed by atoms with Gasteiger partial charge < -0.3 is 9.47 Å². The van der Waals surface area contributed by atoms with Crippen LogP contribution in [0.5, 0.6) is 5.75 Å². The number of carbonyl (C=O) groups excluding carboxylic acids is 1. The van der Waals surface area contributed by atoms with Crippen molar-refractivity contribution in [3.63, 3.8) is 0 Å². The van der Waals surface area contributed by atoms with E-state index in [-0.39, 0.29) is 0 Å². The normalized spacial score (nSPS) is 14.2. The molecule has 1 aromatic rings. The Labute approximate surface area is 134 Å². The monoisotopic (exact) mass is 377 g/mol. The summed E-state index contributed by atoms with van der Waals surface area (Å²) in [5.74, 6) is 0.456. The number of rotatable bonds is 2. The van der Waals surface area contributed by atoms with Gasteiger partial charge in [0, 0.05) is 10.7 Å². The van der Waals surface area contributed by atoms with E-state index in [1.165, 1.54) is 13.4 Å². The standard InChI is InChI=1S/C14H20BrNO4S/c1-9-7-10(15)8-11(12(9)19-5)21(6,18)16-13(17)20-14(2,3)4/h7-8H,1-6H3. The number of aryl methyl sites for hydroxylation is 1. The van der Waals surface area contributed by atoms with E-state index in [1.807, 2.05) is 13.0 Å². The molecule has 5 nitrogen and oxygen atoms in total. The molecular weight excluding hydrogens is 358 g/mol. The number of amides is 1. The fourth-order valence-corrected chi connectivity index (χ4v) is 3.79. The molecule has 7 heteroatoms. The second-order valence-corrected chi connectivity index (χ2v) is 8.77. The summed E-state index contributed by atoms with van der Waals surface area (Å²) in [6, 6.07) is 3.48. The maximum atomic E-state index is 12.8. The highest BCUT2D eigenvalue weighted by molar-refractivity contribution is 9.10. The minimum atomic E-state index is -2.97. The van der Waals surface area contributed by atoms with Gasteiger partial charge in [0.25, 0.3) is 0 Å². The fourth-order valence-electron chi connectivity index (χ4n) is 1.71. The highest BCUT2D eigenvalue weighted by Crippen LogP contribution is 2.32. The number of halogens is 1. The van der Waals surface area contributed by atoms with Crippen molar-refractivity contribution in [2.75, 3.05) is 13.4 Å². The molecular formula is C14H20BrNO4S. The summed E-state index contributed by atoms with van der Waals surface area (Å²) in [4.78, 5) is 12.2. The zero-order valence-corrected chi connectivity index (χ0v) is 15.4. The molecule has 0 aliphatic heterocycles. The lowest BCUT2D eigenvalue weighted by Gasteiger charge is -2.18. The van der Waals surface area contributed by atoms with Crippen molar-refractivity contribution in [1.82, 2.24) is 0 Å². The average Bonchev–Trinajstić information content (AvgIpc) is 2.24. The van der Waals surface area contributed by atoms with Gasteiger partial charge in [0.2, 0.25) is 0 Å². The van der Waals surface area contributed by atoms with Gasteiger partial charge in [-0.2, -0.15) is 0 Å². The van der Waals surface area contributed by atoms with Gasteiger partial charge >= 0.3 is 6.09 Å². The van der Waals surface area contributed by atoms with Crippen LogP contribution in [0.4, 0.5) is 4.79 Å². The predicted molar refractivity (Wildman–Crippen MR) is 86.4 cm³/mol. The van der Waals surface area contributed by atoms with Crippen LogP contribution in [0.3, 0.4) is 0 Å². The summed E-state index contributed by atoms with van der Waals surface area (Å²) in [7, 11) is -1.49. The van der Waals surface area contributed by atoms with Crippen LogP contribution in [0.15, 0.2) is 25.9 Å². The lowest BCUT2D eigenvalue weighted by Crippen LogP contribution is -2.22. The summed E-state index contributed by atoms with van der Waals surface area (Å²) >= 11 is 3.34. The quantitative estimate of drug-likeness (QED) is 0.775. The predicted octanol–water partition coefficient (Wildman–Crippen LogP) is 4.16. The van der Waals surface area contributed by atoms with E-state index in [9.17, 15) is 9.00 Å². The Hall–Kier alpha value is -1.08. The minimum Gasteiger partial charge on any atom is -0.495 e. The van der Waals surface area contributed by atoms with E-state index in [1.54, 1.807) is 26.8 Å². The van der Waals surface area contributed by atoms with Gasteiger partial charge in [-0.05, 0) is 45.4 Å². The average molecular weight is 378 g/mol. The highest BCUT2D eigenvalue weighted by Gasteiger charge is 2.21. The Morgan fingerprint density at radius 1 is 1.33 bits per heavy atom. The zero-order chi connectivity index (χ0) is 16.4. The molecule has 1 rings (SSSR count). The second-order valence-electron chi connectivity index (χ2n) is 5.63. The van der Waals surface area contributed by atoms with Crippen molar-refractivity contribution in [2.24, 2.45) is 4.36 Å². The number of hydrogen-bond donors (Lipinski definition) is 0. The van der Waals surface area contributed by atoms with E-state index in [0.717, 1.165) is 10.0 Å². The Balaban J connectivity index is 3.37. The summed E-state index contributed by atoms with van der Waals surface area (Å²) in [5.41, 5.74) is 0.115. The Morgan fingerprint density at radius 2 is 1.90 bits per heavy atom. The number of benzene rings is 1. The number of hydrogen-bond acceptors (Lipinski definition) is 4. The van der Waals surface area contributed by atoms with Crippen molar-refractivity contribution in [3.8, 4) is 5.75 Å². The maximum absolute atomic E-state index is 12.8. The Bertz CT molecular complexity index is 670. The first kappa shape index (κ1) is 18.0. The van der Waals surface area contributed by atoms with E-state index in [0.29, 0.717) is 10.6 Å². The first-order chi connectivity index (χ1) is 9.46. The van der Waals surface area contributed by atoms with Gasteiger partial charge in [-0.25, -0.2) is 9.00 Å². The third kappa shape index (κ3) is 5.00. The molecule has 0 saturated carbocycles. The van der Waals surface area contributed by atoms with Crippen LogP contribution in [-0.4, -0.2) is 29.3 Å². The molecule has 0 N–H and O–H groups in total. The molecule has 0 saturated heterocycles. The number of carbonyl (C=O) groups is 1. The molecule has 0 spiro atoms. The van der Waals surface area contributed by atoms with E-state index in [2.05, 4.69) is 20.3 Å². The Kier molecular flexibility index (Phi) is 5.44. The number of methoxy groups -OCH3 is 1. The second kappa shape index (κ2) is 6.36. The zero-order valence-electron chi connectivity index (χ0n) is 13.0. The van der Waals surface area contributed by atoms with Crippen LogP contribution in [0.25, 0.3) is 0 Å². The molecule has 1 aromatic carbocycles. The molecule has 1 unspecified atom stereocenters. The van der Waals surface area contributed by atoms with Crippen LogP contribution in [0.2, 0.25) is 0 Å². The van der Waals surface area contributed by atoms with Crippen LogP contribution < -0.4 is 4.74 Å². The Morgan fingerprint density at radius 3 is 2.38 bits per heavy atom. The van der Waals surface area contributed by atoms with Crippen LogP contribution in [-0.2, 0) is 14.5 Å². The van der Waals surface area contributed by atoms with Gasteiger partial charge in [-0.3, -0.25) is 0 Å². The van der Waals surface area contributed by atoms with Gasteiger partial charge in [0.15, 0.2) is 0 Å². The van der Waals surface area contributed by atoms with E-state index in [4.69, 9.17) is 9.47 Å². The SMILES string of the molecule is COc1c(C)cc(Br)cc1S(C)(=O)=NC(=O)OC(C)(C)C. The molecule has 0 aliphatic carbocycles. The molecule has 21 heavy (non-hydrogen) atoms. The molecule has 0 aromatic heterocycles. The molecule has 0 aliphatic rings. The van der Waals surface area contributed by atoms with Crippen LogP contribution in [0, 0.1) is 6.92 Å². The third-order valence-electron chi connectivity index (χ3n) is 2.46. The van der Waals surface area contributed by atoms with Gasteiger partial charge in [0.05, 0.1) is 21.7 Å². The van der Waals surface area contributed by atoms with Crippen molar-refractivity contribution < 1.29 is 18.5 Å². The van der Waals surface area contributed by atoms with Gasteiger partial charge in [0.1, 0.15) is 11.4 Å². The molecule has 0 fully saturated rings. The molecule has 1 amide bonds. The van der Waals surface area contributed by atoms with Crippen LogP contribution in [0.1, 0.15) is 26.3 Å². The van der Waals surface area contributed by atoms with Gasteiger partial charge in [-0.1, -0.05) is 15.9 Å². The minimum absolute atomic E-state index is 0.364. The van der Waals surface area contributed by atoms with Crippen molar-refractivity contribution in [2.45, 2.75) is 38.2 Å². The molecule has 118 valence electrons. The smallest absolute Gasteiger partial charge is 0.442 e. The lowest BCUT2D eigenvalue weighted by molar-refractivity contribution is 0.0607. The van der Waals surface area contributed by atoms with E-state index < -0.39 is 21.4 Å². The number of nitrogens with zero attached hydrogens (tertiary/aromatic N) is 1. The first-order valence-electron chi connectivity index (χ1n) is 6.25. The fraction of sp³-hybridized carbons (Fsp3) is 0.500. The molecule has 0 heterocycles. The highest BCUT2D eigenvalue weighted by atomic mass is 79.9. The largest absolute Gasteiger partial charge is 0.495 e. The topological polar surface area (TPSA) is 65.0 Å². The summed E-state index contributed by atoms with van der Waals surface area (Å²) < 4.78 is 27.6. The van der Waals surface area contributed by atoms with Crippen LogP contribution >= 0.6 is 15.9 Å². The third-order valence-corrected chi connectivity index (χ3v) is 4.53. The van der Waals surface area contributed by atoms with Crippen molar-refractivity contribution in [3.05, 3.63) is 22.2 Å². The lowest BCUT2D eigenvalue weighted by atomic mass is 10.2.